The normalized spacial score (nSPS) is 49.2. The molecule has 2 aliphatic rings. The smallest absolute Gasteiger partial charge is 0.0208 e. The summed E-state index contributed by atoms with van der Waals surface area (Å²) >= 11 is 0. The fourth-order valence-electron chi connectivity index (χ4n) is 0.471. The summed E-state index contributed by atoms with van der Waals surface area (Å²) in [7, 11) is 0. The molecule has 10 heavy (non-hydrogen) atoms. The third kappa shape index (κ3) is 2.62. The first-order valence-corrected chi connectivity index (χ1v) is 3.63. The summed E-state index contributed by atoms with van der Waals surface area (Å²) in [5.74, 6) is 0. The van der Waals surface area contributed by atoms with Crippen LogP contribution in [0.25, 0.3) is 0 Å². The van der Waals surface area contributed by atoms with E-state index >= 15 is 0 Å². The Morgan fingerprint density at radius 3 is 0.700 bits per heavy atom. The molecule has 0 spiro atoms. The van der Waals surface area contributed by atoms with Crippen LogP contribution in [0.2, 0.25) is 0 Å². The number of hydrogen-bond acceptors (Lipinski definition) is 4. The lowest BCUT2D eigenvalue weighted by atomic mass is 10.7. The maximum atomic E-state index is 5.24. The zero-order valence-corrected chi connectivity index (χ0v) is 6.03. The van der Waals surface area contributed by atoms with Crippen LogP contribution in [-0.4, -0.2) is 24.2 Å². The summed E-state index contributed by atoms with van der Waals surface area (Å²) in [4.78, 5) is 0. The molecule has 0 radical (unpaired) electrons. The van der Waals surface area contributed by atoms with Gasteiger partial charge >= 0.3 is 0 Å². The highest BCUT2D eigenvalue weighted by Gasteiger charge is 2.28. The van der Waals surface area contributed by atoms with Gasteiger partial charge in [-0.25, -0.2) is 0 Å². The molecule has 0 aliphatic heterocycles. The Morgan fingerprint density at radius 1 is 0.600 bits per heavy atom. The van der Waals surface area contributed by atoms with Gasteiger partial charge in [-0.15, -0.1) is 0 Å². The Bertz CT molecular complexity index is 90.3. The van der Waals surface area contributed by atoms with E-state index in [1.807, 2.05) is 0 Å². The van der Waals surface area contributed by atoms with Crippen LogP contribution < -0.4 is 22.9 Å². The third-order valence-electron chi connectivity index (χ3n) is 1.78. The minimum Gasteiger partial charge on any atom is -0.326 e. The van der Waals surface area contributed by atoms with Gasteiger partial charge in [-0.1, -0.05) is 0 Å². The molecule has 0 aromatic carbocycles. The van der Waals surface area contributed by atoms with Crippen LogP contribution in [0.3, 0.4) is 0 Å². The molecule has 2 saturated carbocycles. The lowest BCUT2D eigenvalue weighted by Crippen LogP contribution is -2.12. The van der Waals surface area contributed by atoms with Gasteiger partial charge in [0.15, 0.2) is 0 Å². The molecule has 0 unspecified atom stereocenters. The molecule has 4 heteroatoms. The zero-order chi connectivity index (χ0) is 7.72. The second kappa shape index (κ2) is 2.84. The van der Waals surface area contributed by atoms with Gasteiger partial charge in [0.05, 0.1) is 0 Å². The summed E-state index contributed by atoms with van der Waals surface area (Å²) in [6, 6.07) is 1.31. The van der Waals surface area contributed by atoms with Crippen LogP contribution >= 0.6 is 0 Å². The topological polar surface area (TPSA) is 104 Å². The van der Waals surface area contributed by atoms with Crippen molar-refractivity contribution in [3.63, 3.8) is 0 Å². The van der Waals surface area contributed by atoms with E-state index in [1.165, 1.54) is 0 Å². The van der Waals surface area contributed by atoms with Crippen molar-refractivity contribution < 1.29 is 0 Å². The predicted molar refractivity (Wildman–Crippen MR) is 41.1 cm³/mol. The first kappa shape index (κ1) is 7.94. The van der Waals surface area contributed by atoms with Crippen molar-refractivity contribution >= 4 is 0 Å². The minimum absolute atomic E-state index is 0.329. The molecular weight excluding hydrogens is 128 g/mol. The highest BCUT2D eigenvalue weighted by atomic mass is 14.9. The fraction of sp³-hybridized carbons (Fsp3) is 1.00. The molecule has 0 heterocycles. The Balaban J connectivity index is 0.0000001000. The van der Waals surface area contributed by atoms with Crippen molar-refractivity contribution in [2.24, 2.45) is 22.9 Å². The van der Waals surface area contributed by atoms with Crippen LogP contribution in [0.4, 0.5) is 0 Å². The monoisotopic (exact) mass is 144 g/mol. The van der Waals surface area contributed by atoms with E-state index in [9.17, 15) is 0 Å². The van der Waals surface area contributed by atoms with Crippen LogP contribution in [0, 0.1) is 0 Å². The molecule has 0 aromatic heterocycles. The SMILES string of the molecule is N[C@@H]1C[C@H]1N.N[C@H]1C[C@@H]1N. The van der Waals surface area contributed by atoms with E-state index in [2.05, 4.69) is 0 Å². The molecule has 0 saturated heterocycles. The van der Waals surface area contributed by atoms with Crippen LogP contribution in [0.1, 0.15) is 12.8 Å². The van der Waals surface area contributed by atoms with Gasteiger partial charge in [-0.05, 0) is 12.8 Å². The molecule has 2 rings (SSSR count). The molecule has 4 nitrogen and oxygen atoms in total. The van der Waals surface area contributed by atoms with Crippen LogP contribution in [-0.2, 0) is 0 Å². The Labute approximate surface area is 60.9 Å². The van der Waals surface area contributed by atoms with E-state index in [4.69, 9.17) is 22.9 Å². The van der Waals surface area contributed by atoms with Gasteiger partial charge in [-0.3, -0.25) is 0 Å². The third-order valence-corrected chi connectivity index (χ3v) is 1.78. The fourth-order valence-corrected chi connectivity index (χ4v) is 0.471. The van der Waals surface area contributed by atoms with Crippen molar-refractivity contribution in [2.45, 2.75) is 37.0 Å². The van der Waals surface area contributed by atoms with Gasteiger partial charge in [0.25, 0.3) is 0 Å². The summed E-state index contributed by atoms with van der Waals surface area (Å²) in [6.45, 7) is 0. The lowest BCUT2D eigenvalue weighted by Gasteiger charge is -1.70. The highest BCUT2D eigenvalue weighted by Crippen LogP contribution is 2.13. The van der Waals surface area contributed by atoms with Gasteiger partial charge < -0.3 is 22.9 Å². The predicted octanol–water partition coefficient (Wildman–Crippen LogP) is -1.91. The number of rotatable bonds is 0. The first-order chi connectivity index (χ1) is 4.61. The number of hydrogen-bond donors (Lipinski definition) is 4. The van der Waals surface area contributed by atoms with E-state index in [0.29, 0.717) is 24.2 Å². The van der Waals surface area contributed by atoms with Gasteiger partial charge in [0.2, 0.25) is 0 Å². The van der Waals surface area contributed by atoms with E-state index in [0.717, 1.165) is 12.8 Å². The van der Waals surface area contributed by atoms with Crippen molar-refractivity contribution in [1.82, 2.24) is 0 Å². The van der Waals surface area contributed by atoms with Crippen molar-refractivity contribution in [3.05, 3.63) is 0 Å². The Kier molecular flexibility index (Phi) is 2.25. The summed E-state index contributed by atoms with van der Waals surface area (Å²) in [5, 5.41) is 0. The Hall–Kier alpha value is -0.160. The van der Waals surface area contributed by atoms with Gasteiger partial charge in [0, 0.05) is 24.2 Å². The summed E-state index contributed by atoms with van der Waals surface area (Å²) in [5.41, 5.74) is 21.0. The second-order valence-electron chi connectivity index (χ2n) is 3.13. The average molecular weight is 144 g/mol. The Morgan fingerprint density at radius 2 is 0.700 bits per heavy atom. The molecule has 2 aliphatic carbocycles. The summed E-state index contributed by atoms with van der Waals surface area (Å²) in [6.07, 6.45) is 2.06. The number of nitrogens with two attached hydrogens (primary N) is 4. The molecule has 0 amide bonds. The van der Waals surface area contributed by atoms with Crippen LogP contribution in [0.5, 0.6) is 0 Å². The molecule has 0 aromatic rings. The van der Waals surface area contributed by atoms with E-state index < -0.39 is 0 Å². The van der Waals surface area contributed by atoms with Gasteiger partial charge in [0.1, 0.15) is 0 Å². The van der Waals surface area contributed by atoms with Crippen molar-refractivity contribution in [2.75, 3.05) is 0 Å². The molecule has 8 N–H and O–H groups in total. The largest absolute Gasteiger partial charge is 0.326 e. The van der Waals surface area contributed by atoms with E-state index in [-0.39, 0.29) is 0 Å². The quantitative estimate of drug-likeness (QED) is 0.318. The second-order valence-corrected chi connectivity index (χ2v) is 3.13. The van der Waals surface area contributed by atoms with E-state index in [1.54, 1.807) is 0 Å². The molecule has 2 fully saturated rings. The average Bonchev–Trinajstić information content (AvgIpc) is 2.62. The zero-order valence-electron chi connectivity index (χ0n) is 6.03. The lowest BCUT2D eigenvalue weighted by molar-refractivity contribution is 0.962. The van der Waals surface area contributed by atoms with Crippen LogP contribution in [0.15, 0.2) is 0 Å². The van der Waals surface area contributed by atoms with Crippen molar-refractivity contribution in [3.8, 4) is 0 Å². The molecule has 0 bridgehead atoms. The first-order valence-electron chi connectivity index (χ1n) is 3.63. The minimum atomic E-state index is 0.329. The summed E-state index contributed by atoms with van der Waals surface area (Å²) < 4.78 is 0. The molecule has 4 atom stereocenters. The highest BCUT2D eigenvalue weighted by molar-refractivity contribution is 4.94. The maximum Gasteiger partial charge on any atom is 0.0208 e. The van der Waals surface area contributed by atoms with Crippen molar-refractivity contribution in [1.29, 1.82) is 0 Å². The standard InChI is InChI=1S/2C3H8N2/c2*4-2-1-3(2)5/h2*2-3H,1,4-5H2/t2*2-,3-/m10/s1. The maximum absolute atomic E-state index is 5.24. The van der Waals surface area contributed by atoms with Gasteiger partial charge in [-0.2, -0.15) is 0 Å². The molecular formula is C6H16N4. The molecule has 60 valence electrons.